The zero-order valence-corrected chi connectivity index (χ0v) is 16.9. The number of rotatable bonds is 6. The molecule has 0 atom stereocenters. The lowest BCUT2D eigenvalue weighted by Crippen LogP contribution is -2.17. The van der Waals surface area contributed by atoms with E-state index in [1.807, 2.05) is 19.1 Å². The molecule has 0 unspecified atom stereocenters. The molecule has 2 N–H and O–H groups in total. The first-order valence-electron chi connectivity index (χ1n) is 9.15. The molecule has 1 fully saturated rings. The molecule has 1 saturated carbocycles. The summed E-state index contributed by atoms with van der Waals surface area (Å²) in [4.78, 5) is 15.4. The largest absolute Gasteiger partial charge is 0.493 e. The van der Waals surface area contributed by atoms with Crippen LogP contribution in [0.25, 0.3) is 22.0 Å². The highest BCUT2D eigenvalue weighted by Gasteiger charge is 2.24. The van der Waals surface area contributed by atoms with Gasteiger partial charge in [-0.1, -0.05) is 0 Å². The number of sulfonamides is 1. The van der Waals surface area contributed by atoms with Gasteiger partial charge in [-0.3, -0.25) is 9.52 Å². The fourth-order valence-corrected chi connectivity index (χ4v) is 3.92. The van der Waals surface area contributed by atoms with Gasteiger partial charge in [0.2, 0.25) is 10.0 Å². The van der Waals surface area contributed by atoms with Crippen molar-refractivity contribution in [3.8, 4) is 16.9 Å². The first-order valence-corrected chi connectivity index (χ1v) is 11.0. The number of aryl methyl sites for hydroxylation is 2. The highest BCUT2D eigenvalue weighted by molar-refractivity contribution is 7.92. The third kappa shape index (κ3) is 3.64. The summed E-state index contributed by atoms with van der Waals surface area (Å²) < 4.78 is 33.8. The monoisotopic (exact) mass is 401 g/mol. The minimum atomic E-state index is -3.43. The lowest BCUT2D eigenvalue weighted by molar-refractivity contribution is 0.301. The fraction of sp³-hybridized carbons (Fsp3) is 0.350. The minimum Gasteiger partial charge on any atom is -0.493 e. The Balaban J connectivity index is 1.92. The van der Waals surface area contributed by atoms with Gasteiger partial charge in [0.1, 0.15) is 11.3 Å². The number of pyridine rings is 1. The van der Waals surface area contributed by atoms with Crippen LogP contribution < -0.4 is 15.0 Å². The van der Waals surface area contributed by atoms with Gasteiger partial charge >= 0.3 is 0 Å². The molecule has 0 aliphatic heterocycles. The van der Waals surface area contributed by atoms with E-state index in [0.717, 1.165) is 28.3 Å². The lowest BCUT2D eigenvalue weighted by Gasteiger charge is -2.17. The third-order valence-electron chi connectivity index (χ3n) is 4.98. The topological polar surface area (TPSA) is 93.2 Å². The van der Waals surface area contributed by atoms with E-state index < -0.39 is 10.0 Å². The van der Waals surface area contributed by atoms with Crippen molar-refractivity contribution < 1.29 is 13.2 Å². The lowest BCUT2D eigenvalue weighted by atomic mass is 10.00. The van der Waals surface area contributed by atoms with Gasteiger partial charge in [-0.05, 0) is 49.4 Å². The first-order chi connectivity index (χ1) is 13.2. The number of nitrogens with zero attached hydrogens (tertiary/aromatic N) is 1. The number of H-pyrrole nitrogens is 1. The molecule has 7 nitrogen and oxygen atoms in total. The molecule has 148 valence electrons. The molecule has 1 aromatic carbocycles. The number of aromatic amines is 1. The molecular formula is C20H23N3O4S. The van der Waals surface area contributed by atoms with Crippen LogP contribution in [-0.4, -0.2) is 30.8 Å². The van der Waals surface area contributed by atoms with Crippen molar-refractivity contribution in [3.63, 3.8) is 0 Å². The van der Waals surface area contributed by atoms with Crippen LogP contribution in [0.3, 0.4) is 0 Å². The summed E-state index contributed by atoms with van der Waals surface area (Å²) in [7, 11) is -1.73. The van der Waals surface area contributed by atoms with Gasteiger partial charge in [-0.2, -0.15) is 0 Å². The van der Waals surface area contributed by atoms with Crippen molar-refractivity contribution in [2.75, 3.05) is 17.6 Å². The van der Waals surface area contributed by atoms with E-state index in [9.17, 15) is 13.2 Å². The van der Waals surface area contributed by atoms with Crippen molar-refractivity contribution in [1.82, 2.24) is 9.55 Å². The Labute approximate surface area is 163 Å². The molecule has 0 spiro atoms. The van der Waals surface area contributed by atoms with E-state index in [0.29, 0.717) is 29.5 Å². The quantitative estimate of drug-likeness (QED) is 0.664. The predicted octanol–water partition coefficient (Wildman–Crippen LogP) is 3.00. The summed E-state index contributed by atoms with van der Waals surface area (Å²) in [5.41, 5.74) is 3.21. The Bertz CT molecular complexity index is 1220. The van der Waals surface area contributed by atoms with E-state index >= 15 is 0 Å². The van der Waals surface area contributed by atoms with Crippen molar-refractivity contribution in [3.05, 3.63) is 46.5 Å². The second-order valence-electron chi connectivity index (χ2n) is 7.52. The molecule has 4 rings (SSSR count). The van der Waals surface area contributed by atoms with Crippen LogP contribution in [0.5, 0.6) is 5.75 Å². The van der Waals surface area contributed by atoms with Gasteiger partial charge in [0.15, 0.2) is 0 Å². The van der Waals surface area contributed by atoms with Crippen LogP contribution >= 0.6 is 0 Å². The van der Waals surface area contributed by atoms with Crippen molar-refractivity contribution in [2.45, 2.75) is 19.8 Å². The average molecular weight is 401 g/mol. The highest BCUT2D eigenvalue weighted by atomic mass is 32.2. The average Bonchev–Trinajstić information content (AvgIpc) is 3.31. The Kier molecular flexibility index (Phi) is 4.45. The van der Waals surface area contributed by atoms with Crippen LogP contribution in [0.15, 0.2) is 35.4 Å². The number of fused-ring (bicyclic) bond motifs is 1. The van der Waals surface area contributed by atoms with Gasteiger partial charge in [0, 0.05) is 36.0 Å². The van der Waals surface area contributed by atoms with Crippen LogP contribution in [-0.2, 0) is 17.1 Å². The summed E-state index contributed by atoms with van der Waals surface area (Å²) in [5.74, 6) is 1.26. The summed E-state index contributed by atoms with van der Waals surface area (Å²) in [6.45, 7) is 2.47. The zero-order chi connectivity index (χ0) is 20.1. The first kappa shape index (κ1) is 18.6. The molecule has 8 heteroatoms. The molecule has 0 saturated heterocycles. The molecule has 1 aliphatic carbocycles. The van der Waals surface area contributed by atoms with Gasteiger partial charge in [-0.15, -0.1) is 0 Å². The maximum atomic E-state index is 12.4. The van der Waals surface area contributed by atoms with Crippen LogP contribution in [0, 0.1) is 12.8 Å². The van der Waals surface area contributed by atoms with Gasteiger partial charge in [-0.25, -0.2) is 8.42 Å². The van der Waals surface area contributed by atoms with Crippen LogP contribution in [0.4, 0.5) is 5.69 Å². The van der Waals surface area contributed by atoms with Crippen molar-refractivity contribution in [2.24, 2.45) is 13.0 Å². The van der Waals surface area contributed by atoms with E-state index in [1.165, 1.54) is 17.4 Å². The fourth-order valence-electron chi connectivity index (χ4n) is 3.30. The molecular weight excluding hydrogens is 378 g/mol. The summed E-state index contributed by atoms with van der Waals surface area (Å²) in [5, 5.41) is 0.772. The number of anilines is 1. The predicted molar refractivity (Wildman–Crippen MR) is 110 cm³/mol. The van der Waals surface area contributed by atoms with Crippen LogP contribution in [0.1, 0.15) is 18.4 Å². The number of aromatic nitrogens is 2. The van der Waals surface area contributed by atoms with Crippen LogP contribution in [0.2, 0.25) is 0 Å². The number of benzene rings is 1. The van der Waals surface area contributed by atoms with E-state index in [1.54, 1.807) is 25.5 Å². The van der Waals surface area contributed by atoms with E-state index in [-0.39, 0.29) is 5.56 Å². The SMILES string of the molecule is Cc1cc(OCC2CC2)c(-c2cn(C)c(=O)c3[nH]ccc23)cc1NS(C)(=O)=O. The zero-order valence-electron chi connectivity index (χ0n) is 16.1. The van der Waals surface area contributed by atoms with Crippen molar-refractivity contribution in [1.29, 1.82) is 0 Å². The maximum Gasteiger partial charge on any atom is 0.274 e. The van der Waals surface area contributed by atoms with Crippen molar-refractivity contribution >= 4 is 26.6 Å². The summed E-state index contributed by atoms with van der Waals surface area (Å²) in [6.07, 6.45) is 6.95. The standard InChI is InChI=1S/C20H23N3O4S/c1-12-8-18(27-11-13-4-5-13)15(9-17(12)22-28(3,25)26)16-10-23(2)20(24)19-14(16)6-7-21-19/h6-10,13,21-22H,4-5,11H2,1-3H3. The number of hydrogen-bond donors (Lipinski definition) is 2. The van der Waals surface area contributed by atoms with Gasteiger partial charge < -0.3 is 14.3 Å². The van der Waals surface area contributed by atoms with E-state index in [4.69, 9.17) is 4.74 Å². The molecule has 2 aromatic heterocycles. The van der Waals surface area contributed by atoms with Gasteiger partial charge in [0.25, 0.3) is 5.56 Å². The third-order valence-corrected chi connectivity index (χ3v) is 5.57. The maximum absolute atomic E-state index is 12.4. The number of ether oxygens (including phenoxy) is 1. The number of hydrogen-bond acceptors (Lipinski definition) is 4. The molecule has 0 radical (unpaired) electrons. The van der Waals surface area contributed by atoms with Gasteiger partial charge in [0.05, 0.1) is 18.6 Å². The Morgan fingerprint density at radius 1 is 1.29 bits per heavy atom. The smallest absolute Gasteiger partial charge is 0.274 e. The Morgan fingerprint density at radius 2 is 2.04 bits per heavy atom. The molecule has 0 amide bonds. The second kappa shape index (κ2) is 6.70. The molecule has 0 bridgehead atoms. The number of nitrogens with one attached hydrogen (secondary N) is 2. The molecule has 2 heterocycles. The molecule has 1 aliphatic rings. The minimum absolute atomic E-state index is 0.120. The Hall–Kier alpha value is -2.74. The summed E-state index contributed by atoms with van der Waals surface area (Å²) in [6, 6.07) is 5.49. The second-order valence-corrected chi connectivity index (χ2v) is 9.27. The molecule has 28 heavy (non-hydrogen) atoms. The van der Waals surface area contributed by atoms with E-state index in [2.05, 4.69) is 9.71 Å². The Morgan fingerprint density at radius 3 is 2.71 bits per heavy atom. The molecule has 3 aromatic rings. The normalized spacial score (nSPS) is 14.4. The summed E-state index contributed by atoms with van der Waals surface area (Å²) >= 11 is 0. The highest BCUT2D eigenvalue weighted by Crippen LogP contribution is 2.39.